The first-order valence-electron chi connectivity index (χ1n) is 12.8. The highest BCUT2D eigenvalue weighted by Crippen LogP contribution is 2.32. The van der Waals surface area contributed by atoms with E-state index >= 15 is 0 Å². The second kappa shape index (κ2) is 15.6. The Morgan fingerprint density at radius 2 is 1.39 bits per heavy atom. The molecule has 0 saturated carbocycles. The van der Waals surface area contributed by atoms with Crippen LogP contribution in [0.2, 0.25) is 0 Å². The summed E-state index contributed by atoms with van der Waals surface area (Å²) in [4.78, 5) is 42.2. The van der Waals surface area contributed by atoms with Crippen LogP contribution >= 0.6 is 0 Å². The van der Waals surface area contributed by atoms with Crippen molar-refractivity contribution >= 4 is 17.9 Å². The molecular weight excluding hydrogens is 498 g/mol. The summed E-state index contributed by atoms with van der Waals surface area (Å²) < 4.78 is 11.7. The van der Waals surface area contributed by atoms with Crippen LogP contribution in [0.3, 0.4) is 0 Å². The van der Waals surface area contributed by atoms with E-state index in [1.807, 2.05) is 0 Å². The van der Waals surface area contributed by atoms with Crippen molar-refractivity contribution in [3.05, 3.63) is 0 Å². The van der Waals surface area contributed by atoms with Gasteiger partial charge in [-0.1, -0.05) is 0 Å². The van der Waals surface area contributed by atoms with Crippen molar-refractivity contribution in [3.8, 4) is 12.0 Å². The van der Waals surface area contributed by atoms with Crippen LogP contribution in [0.25, 0.3) is 0 Å². The van der Waals surface area contributed by atoms with Gasteiger partial charge in [0.2, 0.25) is 5.95 Å². The number of aliphatic hydroxyl groups excluding tert-OH is 1. The highest BCUT2D eigenvalue weighted by Gasteiger charge is 2.42. The van der Waals surface area contributed by atoms with E-state index in [2.05, 4.69) is 69.8 Å². The van der Waals surface area contributed by atoms with Gasteiger partial charge in [-0.15, -0.1) is 4.98 Å². The van der Waals surface area contributed by atoms with Crippen molar-refractivity contribution in [1.82, 2.24) is 29.7 Å². The smallest absolute Gasteiger partial charge is 0.324 e. The van der Waals surface area contributed by atoms with Crippen LogP contribution in [0.1, 0.15) is 32.1 Å². The summed E-state index contributed by atoms with van der Waals surface area (Å²) in [6, 6.07) is 1.77. The second-order valence-electron chi connectivity index (χ2n) is 10.2. The Morgan fingerprint density at radius 3 is 1.76 bits per heavy atom. The zero-order valence-corrected chi connectivity index (χ0v) is 23.1. The molecule has 0 amide bonds. The van der Waals surface area contributed by atoms with E-state index in [4.69, 9.17) is 24.8 Å². The average Bonchev–Trinajstić information content (AvgIpc) is 3.38. The molecule has 2 fully saturated rings. The molecule has 0 aromatic carbocycles. The zero-order chi connectivity index (χ0) is 28.2. The van der Waals surface area contributed by atoms with Crippen molar-refractivity contribution in [3.63, 3.8) is 0 Å². The molecule has 2 atom stereocenters. The van der Waals surface area contributed by atoms with Crippen molar-refractivity contribution in [2.75, 3.05) is 79.5 Å². The molecule has 3 heterocycles. The van der Waals surface area contributed by atoms with Crippen LogP contribution in [0, 0.1) is 0 Å². The van der Waals surface area contributed by atoms with Gasteiger partial charge in [0, 0.05) is 38.3 Å². The summed E-state index contributed by atoms with van der Waals surface area (Å²) in [6.45, 7) is 5.09. The zero-order valence-electron chi connectivity index (χ0n) is 23.1. The molecule has 2 aliphatic rings. The molecule has 38 heavy (non-hydrogen) atoms. The number of rotatable bonds is 15. The van der Waals surface area contributed by atoms with Gasteiger partial charge in [0.15, 0.2) is 0 Å². The fourth-order valence-corrected chi connectivity index (χ4v) is 4.26. The van der Waals surface area contributed by atoms with Crippen molar-refractivity contribution in [1.29, 1.82) is 0 Å². The van der Waals surface area contributed by atoms with E-state index in [0.29, 0.717) is 43.3 Å². The summed E-state index contributed by atoms with van der Waals surface area (Å²) in [5.74, 6) is -1.72. The molecule has 1 aromatic heterocycles. The second-order valence-corrected chi connectivity index (χ2v) is 10.2. The molecule has 2 aliphatic heterocycles. The van der Waals surface area contributed by atoms with Gasteiger partial charge >= 0.3 is 24.0 Å². The number of nitrogens with zero attached hydrogens (tertiary/aromatic N) is 7. The van der Waals surface area contributed by atoms with Gasteiger partial charge < -0.3 is 39.5 Å². The van der Waals surface area contributed by atoms with Crippen molar-refractivity contribution in [2.24, 2.45) is 0 Å². The molecule has 3 rings (SSSR count). The predicted octanol–water partition coefficient (Wildman–Crippen LogP) is -0.278. The van der Waals surface area contributed by atoms with E-state index in [1.165, 1.54) is 6.42 Å². The highest BCUT2D eigenvalue weighted by molar-refractivity contribution is 5.71. The van der Waals surface area contributed by atoms with Gasteiger partial charge in [-0.05, 0) is 54.5 Å². The summed E-state index contributed by atoms with van der Waals surface area (Å²) in [5.41, 5.74) is 0. The standard InChI is InChI=1S/C19H35N7O2.C5H8O5/c1-23(2)8-6-10-27-18-20-17(26-14-15-12-16(26)13-25(15)5)21-19(22-18)28-11-7-9-24(3)4;6-3(1-4(7)8)2-5(9)10/h15-16H,6-14H2,1-5H3;3,6H,1-2H2,(H,7,8)(H,9,10). The Hall–Kier alpha value is -2.81. The van der Waals surface area contributed by atoms with E-state index in [1.54, 1.807) is 0 Å². The molecule has 0 aliphatic carbocycles. The van der Waals surface area contributed by atoms with Crippen LogP contribution in [0.5, 0.6) is 12.0 Å². The summed E-state index contributed by atoms with van der Waals surface area (Å²) in [6.07, 6.45) is 0.687. The third-order valence-electron chi connectivity index (χ3n) is 6.14. The van der Waals surface area contributed by atoms with Gasteiger partial charge in [-0.2, -0.15) is 9.97 Å². The van der Waals surface area contributed by atoms with Gasteiger partial charge in [-0.25, -0.2) is 0 Å². The Bertz CT molecular complexity index is 837. The van der Waals surface area contributed by atoms with Crippen LogP contribution in [-0.4, -0.2) is 150 Å². The number of piperazine rings is 1. The average molecular weight is 542 g/mol. The van der Waals surface area contributed by atoms with E-state index in [-0.39, 0.29) is 0 Å². The fraction of sp³-hybridized carbons (Fsp3) is 0.792. The topological polar surface area (TPSA) is 165 Å². The number of carbonyl (C=O) groups is 2. The van der Waals surface area contributed by atoms with Crippen LogP contribution in [0.15, 0.2) is 0 Å². The summed E-state index contributed by atoms with van der Waals surface area (Å²) in [7, 11) is 10.4. The minimum Gasteiger partial charge on any atom is -0.481 e. The van der Waals surface area contributed by atoms with Crippen molar-refractivity contribution < 1.29 is 34.4 Å². The summed E-state index contributed by atoms with van der Waals surface area (Å²) in [5, 5.41) is 24.7. The molecule has 1 aromatic rings. The quantitative estimate of drug-likeness (QED) is 0.248. The number of likely N-dealkylation sites (tertiary alicyclic amines) is 1. The molecule has 2 unspecified atom stereocenters. The molecule has 2 bridgehead atoms. The number of hydrogen-bond acceptors (Lipinski definition) is 12. The number of carboxylic acid groups (broad SMARTS) is 2. The van der Waals surface area contributed by atoms with Crippen LogP contribution in [0.4, 0.5) is 5.95 Å². The molecule has 2 saturated heterocycles. The monoisotopic (exact) mass is 541 g/mol. The number of hydrogen-bond donors (Lipinski definition) is 3. The third kappa shape index (κ3) is 11.3. The van der Waals surface area contributed by atoms with Crippen LogP contribution < -0.4 is 14.4 Å². The van der Waals surface area contributed by atoms with Gasteiger partial charge in [-0.3, -0.25) is 14.5 Å². The molecule has 0 radical (unpaired) electrons. The molecule has 14 heteroatoms. The Labute approximate surface area is 224 Å². The number of carboxylic acids is 2. The Kier molecular flexibility index (Phi) is 12.9. The largest absolute Gasteiger partial charge is 0.481 e. The number of aliphatic hydroxyl groups is 1. The van der Waals surface area contributed by atoms with Crippen LogP contribution in [-0.2, 0) is 9.59 Å². The van der Waals surface area contributed by atoms with E-state index in [9.17, 15) is 9.59 Å². The van der Waals surface area contributed by atoms with Gasteiger partial charge in [0.05, 0.1) is 32.2 Å². The molecule has 216 valence electrons. The Balaban J connectivity index is 0.000000432. The Morgan fingerprint density at radius 1 is 0.895 bits per heavy atom. The number of fused-ring (bicyclic) bond motifs is 2. The summed E-state index contributed by atoms with van der Waals surface area (Å²) >= 11 is 0. The SMILES string of the molecule is CN(C)CCCOc1nc(OCCCN(C)C)nc(N2CC3CC2CN3C)n1.O=C(O)CC(O)CC(=O)O. The first kappa shape index (κ1) is 31.4. The van der Waals surface area contributed by atoms with E-state index < -0.39 is 30.9 Å². The number of ether oxygens (including phenoxy) is 2. The minimum atomic E-state index is -1.28. The number of aliphatic carboxylic acids is 2. The molecule has 14 nitrogen and oxygen atoms in total. The predicted molar refractivity (Wildman–Crippen MR) is 140 cm³/mol. The lowest BCUT2D eigenvalue weighted by Gasteiger charge is -2.31. The number of anilines is 1. The van der Waals surface area contributed by atoms with E-state index in [0.717, 1.165) is 39.0 Å². The minimum absolute atomic E-state index is 0.363. The third-order valence-corrected chi connectivity index (χ3v) is 6.14. The molecule has 0 spiro atoms. The fourth-order valence-electron chi connectivity index (χ4n) is 4.26. The maximum Gasteiger partial charge on any atom is 0.324 e. The van der Waals surface area contributed by atoms with Gasteiger partial charge in [0.1, 0.15) is 0 Å². The lowest BCUT2D eigenvalue weighted by molar-refractivity contribution is -0.142. The van der Waals surface area contributed by atoms with Gasteiger partial charge in [0.25, 0.3) is 0 Å². The molecule has 3 N–H and O–H groups in total. The first-order valence-corrected chi connectivity index (χ1v) is 12.8. The highest BCUT2D eigenvalue weighted by atomic mass is 16.5. The number of aromatic nitrogens is 3. The normalized spacial score (nSPS) is 18.7. The first-order chi connectivity index (χ1) is 17.9. The maximum atomic E-state index is 9.84. The maximum absolute atomic E-state index is 9.84. The van der Waals surface area contributed by atoms with Crippen molar-refractivity contribution in [2.45, 2.75) is 50.3 Å². The lowest BCUT2D eigenvalue weighted by Crippen LogP contribution is -2.45. The number of likely N-dealkylation sites (N-methyl/N-ethyl adjacent to an activating group) is 1. The molecular formula is C24H43N7O7. The lowest BCUT2D eigenvalue weighted by atomic mass is 10.2.